The van der Waals surface area contributed by atoms with Crippen molar-refractivity contribution in [1.29, 1.82) is 0 Å². The smallest absolute Gasteiger partial charge is 0.410 e. The van der Waals surface area contributed by atoms with E-state index >= 15 is 0 Å². The van der Waals surface area contributed by atoms with Gasteiger partial charge in [0.1, 0.15) is 22.9 Å². The van der Waals surface area contributed by atoms with Crippen LogP contribution in [0.2, 0.25) is 0 Å². The van der Waals surface area contributed by atoms with E-state index in [1.807, 2.05) is 46.4 Å². The second-order valence-electron chi connectivity index (χ2n) is 14.8. The number of aryl methyl sites for hydroxylation is 2. The summed E-state index contributed by atoms with van der Waals surface area (Å²) in [5.41, 5.74) is 7.54. The Morgan fingerprint density at radius 1 is 0.761 bits per heavy atom. The molecule has 2 aliphatic heterocycles. The van der Waals surface area contributed by atoms with E-state index < -0.39 is 11.2 Å². The number of amides is 2. The minimum atomic E-state index is -0.540. The number of aromatic amines is 2. The lowest BCUT2D eigenvalue weighted by Crippen LogP contribution is -2.36. The van der Waals surface area contributed by atoms with E-state index in [1.54, 1.807) is 4.90 Å². The van der Waals surface area contributed by atoms with Crippen LogP contribution in [0.3, 0.4) is 0 Å². The SMILES string of the molecule is CC(C)(C)OC(=O)N1CCCC1c1nc2c([nH]1)-c1ccc(-c3ccc4[nH]c([C@@H]5CCCN5C(=O)OC(C)(C)C)nc4c3)cc1CC2. The third kappa shape index (κ3) is 5.85. The van der Waals surface area contributed by atoms with Gasteiger partial charge < -0.3 is 19.4 Å². The quantitative estimate of drug-likeness (QED) is 0.240. The van der Waals surface area contributed by atoms with Gasteiger partial charge in [0.2, 0.25) is 0 Å². The lowest BCUT2D eigenvalue weighted by atomic mass is 9.89. The van der Waals surface area contributed by atoms with E-state index in [9.17, 15) is 9.59 Å². The molecule has 2 amide bonds. The summed E-state index contributed by atoms with van der Waals surface area (Å²) in [6, 6.07) is 12.7. The predicted molar refractivity (Wildman–Crippen MR) is 176 cm³/mol. The molecule has 1 aliphatic carbocycles. The van der Waals surface area contributed by atoms with Crippen molar-refractivity contribution in [2.75, 3.05) is 13.1 Å². The fourth-order valence-corrected chi connectivity index (χ4v) is 7.01. The van der Waals surface area contributed by atoms with Gasteiger partial charge in [-0.05, 0) is 109 Å². The van der Waals surface area contributed by atoms with Gasteiger partial charge in [-0.3, -0.25) is 9.80 Å². The molecule has 2 aromatic carbocycles. The van der Waals surface area contributed by atoms with Crippen molar-refractivity contribution >= 4 is 23.2 Å². The molecule has 0 radical (unpaired) electrons. The number of carbonyl (C=O) groups is 2. The first kappa shape index (κ1) is 30.3. The number of ether oxygens (including phenoxy) is 2. The summed E-state index contributed by atoms with van der Waals surface area (Å²) in [5, 5.41) is 0. The highest BCUT2D eigenvalue weighted by molar-refractivity contribution is 5.83. The van der Waals surface area contributed by atoms with Gasteiger partial charge in [-0.1, -0.05) is 24.3 Å². The highest BCUT2D eigenvalue weighted by Gasteiger charge is 2.37. The number of likely N-dealkylation sites (tertiary alicyclic amines) is 2. The molecule has 242 valence electrons. The van der Waals surface area contributed by atoms with Crippen LogP contribution in [0.15, 0.2) is 36.4 Å². The number of nitrogens with one attached hydrogen (secondary N) is 2. The van der Waals surface area contributed by atoms with Gasteiger partial charge in [-0.25, -0.2) is 19.6 Å². The van der Waals surface area contributed by atoms with Crippen LogP contribution in [0.1, 0.15) is 102 Å². The maximum atomic E-state index is 12.9. The van der Waals surface area contributed by atoms with E-state index in [0.29, 0.717) is 13.1 Å². The van der Waals surface area contributed by atoms with E-state index in [0.717, 1.165) is 89.3 Å². The standard InChI is InChI=1S/C36H44N6O4/c1-35(2,3)45-33(43)41-17-7-9-28(41)31-37-25-15-12-22(20-27(25)39-31)21-11-14-24-23(19-21)13-16-26-30(24)40-32(38-26)29-10-8-18-42(29)34(44)46-36(4,5)6/h11-12,14-15,19-20,28-29H,7-10,13,16-18H2,1-6H3,(H,37,39)(H,38,40)/t28-,29?/m0/s1. The molecule has 2 aromatic heterocycles. The number of aromatic nitrogens is 4. The van der Waals surface area contributed by atoms with E-state index in [-0.39, 0.29) is 24.3 Å². The zero-order valence-corrected chi connectivity index (χ0v) is 27.7. The van der Waals surface area contributed by atoms with Crippen molar-refractivity contribution in [2.45, 2.75) is 103 Å². The normalized spacial score (nSPS) is 19.8. The number of carbonyl (C=O) groups excluding carboxylic acids is 2. The summed E-state index contributed by atoms with van der Waals surface area (Å²) >= 11 is 0. The summed E-state index contributed by atoms with van der Waals surface area (Å²) in [4.78, 5) is 46.4. The molecule has 4 aromatic rings. The Labute approximate surface area is 269 Å². The molecule has 10 heteroatoms. The van der Waals surface area contributed by atoms with Crippen molar-refractivity contribution in [1.82, 2.24) is 29.7 Å². The lowest BCUT2D eigenvalue weighted by molar-refractivity contribution is 0.0208. The third-order valence-corrected chi connectivity index (χ3v) is 9.03. The van der Waals surface area contributed by atoms with Gasteiger partial charge in [-0.15, -0.1) is 0 Å². The molecule has 4 heterocycles. The van der Waals surface area contributed by atoms with E-state index in [2.05, 4.69) is 46.4 Å². The summed E-state index contributed by atoms with van der Waals surface area (Å²) in [5.74, 6) is 1.65. The van der Waals surface area contributed by atoms with Gasteiger partial charge in [0, 0.05) is 18.7 Å². The van der Waals surface area contributed by atoms with Crippen LogP contribution in [0, 0.1) is 0 Å². The average Bonchev–Trinajstić information content (AvgIpc) is 3.79. The minimum Gasteiger partial charge on any atom is -0.444 e. The van der Waals surface area contributed by atoms with Crippen molar-refractivity contribution < 1.29 is 19.1 Å². The van der Waals surface area contributed by atoms with E-state index in [1.165, 1.54) is 5.56 Å². The number of hydrogen-bond donors (Lipinski definition) is 2. The second kappa shape index (κ2) is 11.2. The first-order valence-corrected chi connectivity index (χ1v) is 16.5. The molecule has 2 N–H and O–H groups in total. The van der Waals surface area contributed by atoms with Crippen LogP contribution in [-0.4, -0.2) is 66.2 Å². The number of benzene rings is 2. The monoisotopic (exact) mass is 624 g/mol. The van der Waals surface area contributed by atoms with Crippen LogP contribution in [0.4, 0.5) is 9.59 Å². The number of nitrogens with zero attached hydrogens (tertiary/aromatic N) is 4. The van der Waals surface area contributed by atoms with Gasteiger partial charge in [0.15, 0.2) is 0 Å². The molecule has 2 fully saturated rings. The van der Waals surface area contributed by atoms with Crippen LogP contribution in [-0.2, 0) is 22.3 Å². The van der Waals surface area contributed by atoms with Gasteiger partial charge in [0.25, 0.3) is 0 Å². The number of fused-ring (bicyclic) bond motifs is 4. The summed E-state index contributed by atoms with van der Waals surface area (Å²) in [7, 11) is 0. The molecular weight excluding hydrogens is 580 g/mol. The Bertz CT molecular complexity index is 1810. The minimum absolute atomic E-state index is 0.103. The molecule has 1 unspecified atom stereocenters. The Morgan fingerprint density at radius 3 is 1.98 bits per heavy atom. The molecule has 2 atom stereocenters. The zero-order chi connectivity index (χ0) is 32.4. The Hall–Kier alpha value is -4.34. The topological polar surface area (TPSA) is 116 Å². The molecule has 7 rings (SSSR count). The van der Waals surface area contributed by atoms with Gasteiger partial charge in [-0.2, -0.15) is 0 Å². The predicted octanol–water partition coefficient (Wildman–Crippen LogP) is 7.86. The molecule has 0 spiro atoms. The molecule has 46 heavy (non-hydrogen) atoms. The van der Waals surface area contributed by atoms with Crippen molar-refractivity contribution in [3.8, 4) is 22.4 Å². The second-order valence-corrected chi connectivity index (χ2v) is 14.8. The van der Waals surface area contributed by atoms with Crippen molar-refractivity contribution in [2.24, 2.45) is 0 Å². The number of imidazole rings is 2. The largest absolute Gasteiger partial charge is 0.444 e. The van der Waals surface area contributed by atoms with Crippen LogP contribution < -0.4 is 0 Å². The maximum Gasteiger partial charge on any atom is 0.410 e. The molecule has 10 nitrogen and oxygen atoms in total. The van der Waals surface area contributed by atoms with E-state index in [4.69, 9.17) is 19.4 Å². The summed E-state index contributed by atoms with van der Waals surface area (Å²) in [6.45, 7) is 12.7. The van der Waals surface area contributed by atoms with Crippen LogP contribution in [0.5, 0.6) is 0 Å². The van der Waals surface area contributed by atoms with Crippen molar-refractivity contribution in [3.63, 3.8) is 0 Å². The molecule has 3 aliphatic rings. The average molecular weight is 625 g/mol. The fourth-order valence-electron chi connectivity index (χ4n) is 7.01. The van der Waals surface area contributed by atoms with Gasteiger partial charge in [0.05, 0.1) is 34.5 Å². The number of hydrogen-bond acceptors (Lipinski definition) is 6. The first-order chi connectivity index (χ1) is 21.8. The summed E-state index contributed by atoms with van der Waals surface area (Å²) < 4.78 is 11.4. The maximum absolute atomic E-state index is 12.9. The molecular formula is C36H44N6O4. The Morgan fingerprint density at radius 2 is 1.35 bits per heavy atom. The molecule has 2 saturated heterocycles. The van der Waals surface area contributed by atoms with Crippen LogP contribution >= 0.6 is 0 Å². The molecule has 0 saturated carbocycles. The zero-order valence-electron chi connectivity index (χ0n) is 27.7. The highest BCUT2D eigenvalue weighted by atomic mass is 16.6. The first-order valence-electron chi connectivity index (χ1n) is 16.5. The fraction of sp³-hybridized carbons (Fsp3) is 0.500. The summed E-state index contributed by atoms with van der Waals surface area (Å²) in [6.07, 6.45) is 4.75. The van der Waals surface area contributed by atoms with Gasteiger partial charge >= 0.3 is 12.2 Å². The van der Waals surface area contributed by atoms with Crippen molar-refractivity contribution in [3.05, 3.63) is 59.3 Å². The number of H-pyrrole nitrogens is 2. The lowest BCUT2D eigenvalue weighted by Gasteiger charge is -2.27. The molecule has 0 bridgehead atoms. The Kier molecular flexibility index (Phi) is 7.36. The highest BCUT2D eigenvalue weighted by Crippen LogP contribution is 2.39. The Balaban J connectivity index is 1.12. The van der Waals surface area contributed by atoms with Crippen LogP contribution in [0.25, 0.3) is 33.4 Å². The number of rotatable bonds is 3. The third-order valence-electron chi connectivity index (χ3n) is 9.03.